The molecule has 4 atom stereocenters. The van der Waals surface area contributed by atoms with Crippen LogP contribution in [0.5, 0.6) is 0 Å². The van der Waals surface area contributed by atoms with Gasteiger partial charge < -0.3 is 39.2 Å². The zero-order valence-corrected chi connectivity index (χ0v) is 32.2. The molecule has 254 valence electrons. The average molecular weight is 761 g/mol. The summed E-state index contributed by atoms with van der Waals surface area (Å²) in [6.45, 7) is 25.0. The molecule has 4 aliphatic rings. The maximum atomic E-state index is 4.80. The first-order valence-corrected chi connectivity index (χ1v) is 22.2. The first kappa shape index (κ1) is 41.9. The van der Waals surface area contributed by atoms with E-state index in [-0.39, 0.29) is 26.3 Å². The van der Waals surface area contributed by atoms with Crippen molar-refractivity contribution in [3.63, 3.8) is 0 Å². The topological polar surface area (TPSA) is 25.9 Å². The van der Waals surface area contributed by atoms with Crippen molar-refractivity contribution in [1.82, 2.24) is 39.2 Å². The van der Waals surface area contributed by atoms with Crippen LogP contribution in [0.3, 0.4) is 0 Å². The van der Waals surface area contributed by atoms with E-state index in [1.807, 2.05) is 0 Å². The van der Waals surface area contributed by atoms with Gasteiger partial charge in [0.05, 0.1) is 0 Å². The molecule has 4 fully saturated rings. The van der Waals surface area contributed by atoms with Crippen molar-refractivity contribution in [2.24, 2.45) is 0 Å². The van der Waals surface area contributed by atoms with Crippen molar-refractivity contribution in [3.8, 4) is 0 Å². The Kier molecular flexibility index (Phi) is 27.9. The Labute approximate surface area is 288 Å². The zero-order valence-electron chi connectivity index (χ0n) is 26.8. The summed E-state index contributed by atoms with van der Waals surface area (Å²) in [5.41, 5.74) is 0. The van der Waals surface area contributed by atoms with Gasteiger partial charge in [-0.3, -0.25) is 0 Å². The third-order valence-electron chi connectivity index (χ3n) is 8.71. The molecule has 42 heavy (non-hydrogen) atoms. The summed E-state index contributed by atoms with van der Waals surface area (Å²) in [5, 5.41) is 0. The number of rotatable bonds is 0. The monoisotopic (exact) mass is 758 g/mol. The normalized spacial score (nSPS) is 30.3. The standard InChI is InChI=1S/2C14H30N4.4ClH.2Mn/c2*1-15-5-3-7-18-12-10-16(2)6-4-8-17(11-9-15)13-14-18;;;;;;/h2*3-14H2,1-2H3;4*1H;;/q;;;;;;2*+2/p-4. The molecule has 4 bridgehead atoms. The van der Waals surface area contributed by atoms with Crippen LogP contribution in [0.25, 0.3) is 0 Å². The van der Waals surface area contributed by atoms with Crippen molar-refractivity contribution in [1.29, 1.82) is 0 Å². The van der Waals surface area contributed by atoms with E-state index >= 15 is 0 Å². The molecule has 4 saturated heterocycles. The molecule has 14 heteroatoms. The van der Waals surface area contributed by atoms with Gasteiger partial charge in [0.25, 0.3) is 0 Å². The predicted octanol–water partition coefficient (Wildman–Crippen LogP) is 3.28. The molecule has 0 aliphatic carbocycles. The molecule has 0 spiro atoms. The quantitative estimate of drug-likeness (QED) is 0.348. The van der Waals surface area contributed by atoms with Crippen LogP contribution in [0.2, 0.25) is 0 Å². The van der Waals surface area contributed by atoms with E-state index in [0.29, 0.717) is 0 Å². The average Bonchev–Trinajstić information content (AvgIpc) is 2.97. The van der Waals surface area contributed by atoms with Crippen molar-refractivity contribution in [2.45, 2.75) is 25.7 Å². The predicted molar refractivity (Wildman–Crippen MR) is 178 cm³/mol. The van der Waals surface area contributed by atoms with Crippen LogP contribution in [0.1, 0.15) is 25.7 Å². The second kappa shape index (κ2) is 27.9. The molecule has 0 radical (unpaired) electrons. The molecule has 0 amide bonds. The Hall–Kier alpha value is 1.88. The third kappa shape index (κ3) is 22.4. The molecule has 4 unspecified atom stereocenters. The van der Waals surface area contributed by atoms with Gasteiger partial charge in [-0.25, -0.2) is 0 Å². The van der Waals surface area contributed by atoms with Crippen LogP contribution in [0.4, 0.5) is 0 Å². The van der Waals surface area contributed by atoms with Crippen LogP contribution in [0, 0.1) is 0 Å². The summed E-state index contributed by atoms with van der Waals surface area (Å²) in [5.74, 6) is 0. The molecule has 0 N–H and O–H groups in total. The van der Waals surface area contributed by atoms with Crippen LogP contribution < -0.4 is 0 Å². The third-order valence-corrected chi connectivity index (χ3v) is 8.71. The number of fused-ring (bicyclic) bond motifs is 6. The van der Waals surface area contributed by atoms with Gasteiger partial charge in [0.15, 0.2) is 0 Å². The molecule has 0 saturated carbocycles. The Morgan fingerprint density at radius 1 is 0.286 bits per heavy atom. The maximum absolute atomic E-state index is 4.80. The molecule has 8 nitrogen and oxygen atoms in total. The summed E-state index contributed by atoms with van der Waals surface area (Å²) in [4.78, 5) is 20.6. The summed E-state index contributed by atoms with van der Waals surface area (Å²) >= 11 is 0.0139. The molecular weight excluding hydrogens is 700 g/mol. The van der Waals surface area contributed by atoms with Gasteiger partial charge in [0, 0.05) is 78.5 Å². The van der Waals surface area contributed by atoms with Gasteiger partial charge in [-0.05, 0) is 106 Å². The molecule has 0 aromatic heterocycles. The Balaban J connectivity index is 0.000000354. The molecule has 0 aromatic carbocycles. The second-order valence-corrected chi connectivity index (χ2v) is 16.0. The van der Waals surface area contributed by atoms with E-state index in [1.54, 1.807) is 0 Å². The van der Waals surface area contributed by atoms with Crippen molar-refractivity contribution in [2.75, 3.05) is 159 Å². The first-order chi connectivity index (χ1) is 20.3. The number of hydrogen-bond acceptors (Lipinski definition) is 8. The van der Waals surface area contributed by atoms with Gasteiger partial charge in [0.2, 0.25) is 0 Å². The number of likely N-dealkylation sites (N-methyl/N-ethyl adjacent to an activating group) is 4. The zero-order chi connectivity index (χ0) is 31.0. The molecule has 4 heterocycles. The van der Waals surface area contributed by atoms with E-state index in [2.05, 4.69) is 67.4 Å². The van der Waals surface area contributed by atoms with E-state index < -0.39 is 0 Å². The Bertz CT molecular complexity index is 524. The molecular formula is C28H60Cl4Mn2N8. The summed E-state index contributed by atoms with van der Waals surface area (Å²) in [6, 6.07) is 0. The van der Waals surface area contributed by atoms with E-state index in [0.717, 1.165) is 0 Å². The first-order valence-electron chi connectivity index (χ1n) is 15.7. The van der Waals surface area contributed by atoms with Crippen LogP contribution in [-0.4, -0.2) is 198 Å². The number of hydrogen-bond donors (Lipinski definition) is 0. The Morgan fingerprint density at radius 3 is 0.643 bits per heavy atom. The molecule has 0 aromatic rings. The van der Waals surface area contributed by atoms with Crippen molar-refractivity contribution < 1.29 is 26.3 Å². The van der Waals surface area contributed by atoms with Gasteiger partial charge in [-0.1, -0.05) is 0 Å². The van der Waals surface area contributed by atoms with E-state index in [1.165, 1.54) is 157 Å². The molecule has 4 rings (SSSR count). The molecule has 4 aliphatic heterocycles. The van der Waals surface area contributed by atoms with Crippen molar-refractivity contribution in [3.05, 3.63) is 0 Å². The van der Waals surface area contributed by atoms with Crippen LogP contribution >= 0.6 is 40.4 Å². The van der Waals surface area contributed by atoms with Crippen LogP contribution in [0.15, 0.2) is 0 Å². The second-order valence-electron chi connectivity index (χ2n) is 12.1. The number of halogens is 4. The SMILES string of the molecule is CN1CCCN2CCN(C)CCCN(CC1)CC2.CN1CCCN2CCN(C)CCCN(CC1)CC2.[Cl][Mn][Cl].[Cl][Mn][Cl]. The van der Waals surface area contributed by atoms with Crippen molar-refractivity contribution >= 4 is 40.4 Å². The minimum atomic E-state index is 0.00694. The summed E-state index contributed by atoms with van der Waals surface area (Å²) in [6.07, 6.45) is 5.28. The summed E-state index contributed by atoms with van der Waals surface area (Å²) in [7, 11) is 28.3. The Morgan fingerprint density at radius 2 is 0.452 bits per heavy atom. The van der Waals surface area contributed by atoms with Gasteiger partial charge in [-0.15, -0.1) is 0 Å². The van der Waals surface area contributed by atoms with E-state index in [4.69, 9.17) is 40.4 Å². The fraction of sp³-hybridized carbons (Fsp3) is 1.00. The van der Waals surface area contributed by atoms with Gasteiger partial charge >= 0.3 is 66.7 Å². The minimum absolute atomic E-state index is 0.00694. The van der Waals surface area contributed by atoms with Crippen LogP contribution in [-0.2, 0) is 26.3 Å². The number of nitrogens with zero attached hydrogens (tertiary/aromatic N) is 8. The van der Waals surface area contributed by atoms with Gasteiger partial charge in [0.1, 0.15) is 0 Å². The fourth-order valence-electron chi connectivity index (χ4n) is 5.86. The van der Waals surface area contributed by atoms with E-state index in [9.17, 15) is 0 Å². The van der Waals surface area contributed by atoms with Gasteiger partial charge in [-0.2, -0.15) is 0 Å². The summed E-state index contributed by atoms with van der Waals surface area (Å²) < 4.78 is 0. The fourth-order valence-corrected chi connectivity index (χ4v) is 5.86.